The molecule has 232 valence electrons. The Kier molecular flexibility index (Phi) is 13.6. The smallest absolute Gasteiger partial charge is 0.224 e. The Morgan fingerprint density at radius 1 is 0.619 bits per heavy atom. The number of amides is 2. The summed E-state index contributed by atoms with van der Waals surface area (Å²) in [7, 11) is 4.68. The topological polar surface area (TPSA) is 58.2 Å². The molecule has 42 heavy (non-hydrogen) atoms. The predicted octanol–water partition coefficient (Wildman–Crippen LogP) is -1.70. The second kappa shape index (κ2) is 16.2. The first kappa shape index (κ1) is 35.2. The molecule has 8 heteroatoms. The summed E-state index contributed by atoms with van der Waals surface area (Å²) >= 11 is 0. The van der Waals surface area contributed by atoms with Crippen molar-refractivity contribution in [3.8, 4) is 0 Å². The maximum atomic E-state index is 13.8. The van der Waals surface area contributed by atoms with Crippen LogP contribution in [0.3, 0.4) is 0 Å². The number of quaternary nitrogens is 2. The molecule has 0 aromatic heterocycles. The molecule has 2 amide bonds. The van der Waals surface area contributed by atoms with Gasteiger partial charge in [0.15, 0.2) is 0 Å². The van der Waals surface area contributed by atoms with Crippen LogP contribution >= 0.6 is 0 Å². The average molecular weight is 801 g/mol. The molecule has 2 heterocycles. The summed E-state index contributed by atoms with van der Waals surface area (Å²) < 4.78 is 2.25. The summed E-state index contributed by atoms with van der Waals surface area (Å²) in [6.45, 7) is 8.60. The minimum absolute atomic E-state index is 0. The second-order valence-corrected chi connectivity index (χ2v) is 13.2. The number of hydrogen-bond donors (Lipinski definition) is 2. The fourth-order valence-electron chi connectivity index (χ4n) is 7.81. The first-order valence-electron chi connectivity index (χ1n) is 15.7. The Balaban J connectivity index is 0.00000242. The summed E-state index contributed by atoms with van der Waals surface area (Å²) in [5.41, 5.74) is 2.17. The SMILES string of the molecule is C[N+]1(CCCNC(=O)C2C(c3ccccc3)C(C(=O)NCCC[N+]3(C)CCCC3)C2c2ccccc2)CCCC1.[I-].[I-]. The summed E-state index contributed by atoms with van der Waals surface area (Å²) in [4.78, 5) is 27.7. The molecule has 1 aliphatic carbocycles. The Morgan fingerprint density at radius 3 is 1.29 bits per heavy atom. The lowest BCUT2D eigenvalue weighted by Crippen LogP contribution is -3.00. The lowest BCUT2D eigenvalue weighted by atomic mass is 9.52. The molecule has 0 spiro atoms. The number of hydrogen-bond acceptors (Lipinski definition) is 2. The predicted molar refractivity (Wildman–Crippen MR) is 161 cm³/mol. The third kappa shape index (κ3) is 8.47. The number of carbonyl (C=O) groups excluding carboxylic acids is 2. The van der Waals surface area contributed by atoms with Gasteiger partial charge in [0.05, 0.1) is 65.2 Å². The van der Waals surface area contributed by atoms with E-state index in [1.807, 2.05) is 36.4 Å². The maximum Gasteiger partial charge on any atom is 0.224 e. The van der Waals surface area contributed by atoms with Crippen molar-refractivity contribution in [3.63, 3.8) is 0 Å². The Morgan fingerprint density at radius 2 is 0.952 bits per heavy atom. The molecule has 0 unspecified atom stereocenters. The molecule has 0 atom stereocenters. The molecule has 2 N–H and O–H groups in total. The molecule has 3 aliphatic rings. The fourth-order valence-corrected chi connectivity index (χ4v) is 7.81. The van der Waals surface area contributed by atoms with Crippen molar-refractivity contribution in [1.82, 2.24) is 10.6 Å². The summed E-state index contributed by atoms with van der Waals surface area (Å²) in [5, 5.41) is 6.58. The van der Waals surface area contributed by atoms with E-state index in [-0.39, 0.29) is 83.4 Å². The Labute approximate surface area is 287 Å². The maximum absolute atomic E-state index is 13.8. The van der Waals surface area contributed by atoms with Crippen molar-refractivity contribution < 1.29 is 66.5 Å². The van der Waals surface area contributed by atoms with Crippen molar-refractivity contribution in [1.29, 1.82) is 0 Å². The monoisotopic (exact) mass is 800 g/mol. The minimum Gasteiger partial charge on any atom is -1.00 e. The first-order chi connectivity index (χ1) is 19.4. The van der Waals surface area contributed by atoms with Gasteiger partial charge >= 0.3 is 0 Å². The van der Waals surface area contributed by atoms with Gasteiger partial charge in [-0.15, -0.1) is 0 Å². The zero-order chi connectivity index (χ0) is 28.0. The average Bonchev–Trinajstić information content (AvgIpc) is 3.58. The van der Waals surface area contributed by atoms with Crippen molar-refractivity contribution in [2.45, 2.75) is 50.4 Å². The van der Waals surface area contributed by atoms with Crippen LogP contribution in [0.5, 0.6) is 0 Å². The van der Waals surface area contributed by atoms with E-state index in [1.54, 1.807) is 0 Å². The van der Waals surface area contributed by atoms with Crippen LogP contribution in [0.2, 0.25) is 0 Å². The molecule has 5 rings (SSSR count). The number of likely N-dealkylation sites (tertiary alicyclic amines) is 2. The van der Waals surface area contributed by atoms with Gasteiger partial charge in [-0.3, -0.25) is 9.59 Å². The summed E-state index contributed by atoms with van der Waals surface area (Å²) in [5.74, 6) is -0.600. The van der Waals surface area contributed by atoms with Gasteiger partial charge in [0, 0.05) is 63.5 Å². The fraction of sp³-hybridized carbons (Fsp3) is 0.588. The number of rotatable bonds is 12. The molecule has 2 aliphatic heterocycles. The third-order valence-electron chi connectivity index (χ3n) is 10.2. The quantitative estimate of drug-likeness (QED) is 0.153. The lowest BCUT2D eigenvalue weighted by Gasteiger charge is -2.50. The molecule has 3 fully saturated rings. The highest BCUT2D eigenvalue weighted by Crippen LogP contribution is 2.57. The third-order valence-corrected chi connectivity index (χ3v) is 10.2. The second-order valence-electron chi connectivity index (χ2n) is 13.2. The Bertz CT molecular complexity index is 1020. The highest BCUT2D eigenvalue weighted by molar-refractivity contribution is 5.90. The first-order valence-corrected chi connectivity index (χ1v) is 15.7. The van der Waals surface area contributed by atoms with E-state index in [9.17, 15) is 9.59 Å². The van der Waals surface area contributed by atoms with Gasteiger partial charge in [0.1, 0.15) is 0 Å². The van der Waals surface area contributed by atoms with Gasteiger partial charge in [-0.25, -0.2) is 0 Å². The van der Waals surface area contributed by atoms with Gasteiger partial charge in [0.25, 0.3) is 0 Å². The van der Waals surface area contributed by atoms with E-state index in [2.05, 4.69) is 49.0 Å². The van der Waals surface area contributed by atoms with E-state index in [0.717, 1.165) is 46.0 Å². The number of halogens is 2. The van der Waals surface area contributed by atoms with Crippen LogP contribution in [-0.4, -0.2) is 87.2 Å². The van der Waals surface area contributed by atoms with Crippen LogP contribution in [-0.2, 0) is 9.59 Å². The van der Waals surface area contributed by atoms with Crippen molar-refractivity contribution in [2.75, 3.05) is 66.5 Å². The van der Waals surface area contributed by atoms with Crippen molar-refractivity contribution in [3.05, 3.63) is 71.8 Å². The van der Waals surface area contributed by atoms with E-state index in [0.29, 0.717) is 13.1 Å². The van der Waals surface area contributed by atoms with Gasteiger partial charge < -0.3 is 67.6 Å². The zero-order valence-corrected chi connectivity index (χ0v) is 29.8. The van der Waals surface area contributed by atoms with E-state index in [4.69, 9.17) is 0 Å². The molecule has 2 saturated heterocycles. The highest BCUT2D eigenvalue weighted by atomic mass is 127. The lowest BCUT2D eigenvalue weighted by molar-refractivity contribution is -0.897. The van der Waals surface area contributed by atoms with Gasteiger partial charge in [-0.05, 0) is 11.1 Å². The van der Waals surface area contributed by atoms with E-state index >= 15 is 0 Å². The molecule has 0 bridgehead atoms. The van der Waals surface area contributed by atoms with Crippen LogP contribution in [0.25, 0.3) is 0 Å². The standard InChI is InChI=1S/C34H48N4O2.2HI/c1-37(21-9-10-22-37)25-13-19-35-33(39)31-29(27-15-5-3-6-16-27)32(30(31)28-17-7-4-8-18-28)34(40)36-20-14-26-38(2)23-11-12-24-38;;/h3-8,15-18,29-32H,9-14,19-26H2,1-2H3;2*1H. The van der Waals surface area contributed by atoms with E-state index in [1.165, 1.54) is 51.9 Å². The summed E-state index contributed by atoms with van der Waals surface area (Å²) in [6.07, 6.45) is 7.22. The Hall–Kier alpha value is -1.24. The van der Waals surface area contributed by atoms with Crippen molar-refractivity contribution >= 4 is 11.8 Å². The van der Waals surface area contributed by atoms with Crippen LogP contribution in [0.1, 0.15) is 61.5 Å². The van der Waals surface area contributed by atoms with Crippen molar-refractivity contribution in [2.24, 2.45) is 11.8 Å². The van der Waals surface area contributed by atoms with Crippen LogP contribution < -0.4 is 58.6 Å². The van der Waals surface area contributed by atoms with Crippen LogP contribution in [0.4, 0.5) is 0 Å². The van der Waals surface area contributed by atoms with E-state index < -0.39 is 0 Å². The molecule has 0 radical (unpaired) electrons. The highest BCUT2D eigenvalue weighted by Gasteiger charge is 2.57. The van der Waals surface area contributed by atoms with Crippen LogP contribution in [0, 0.1) is 11.8 Å². The number of nitrogens with one attached hydrogen (secondary N) is 2. The zero-order valence-electron chi connectivity index (χ0n) is 25.4. The molecular weight excluding hydrogens is 750 g/mol. The molecule has 2 aromatic carbocycles. The van der Waals surface area contributed by atoms with Crippen LogP contribution in [0.15, 0.2) is 60.7 Å². The number of nitrogens with zero attached hydrogens (tertiary/aromatic N) is 2. The number of carbonyl (C=O) groups is 2. The minimum atomic E-state index is -0.258. The largest absolute Gasteiger partial charge is 1.00 e. The number of benzene rings is 2. The normalized spacial score (nSPS) is 25.4. The molecule has 1 saturated carbocycles. The summed E-state index contributed by atoms with van der Waals surface area (Å²) in [6, 6.07) is 20.4. The van der Waals surface area contributed by atoms with Gasteiger partial charge in [0.2, 0.25) is 11.8 Å². The molecule has 6 nitrogen and oxygen atoms in total. The van der Waals surface area contributed by atoms with Gasteiger partial charge in [-0.2, -0.15) is 0 Å². The molecule has 2 aromatic rings. The molecular formula is C34H50I2N4O2. The van der Waals surface area contributed by atoms with Gasteiger partial charge in [-0.1, -0.05) is 60.7 Å².